The lowest BCUT2D eigenvalue weighted by molar-refractivity contribution is -0.141. The van der Waals surface area contributed by atoms with Crippen molar-refractivity contribution in [1.29, 1.82) is 0 Å². The molecule has 0 saturated heterocycles. The van der Waals surface area contributed by atoms with Crippen LogP contribution in [0.25, 0.3) is 0 Å². The van der Waals surface area contributed by atoms with Gasteiger partial charge in [-0.1, -0.05) is 11.6 Å². The zero-order valence-electron chi connectivity index (χ0n) is 12.8. The van der Waals surface area contributed by atoms with Crippen molar-refractivity contribution in [3.63, 3.8) is 0 Å². The third-order valence-electron chi connectivity index (χ3n) is 2.99. The summed E-state index contributed by atoms with van der Waals surface area (Å²) in [5.41, 5.74) is 0.589. The van der Waals surface area contributed by atoms with Crippen LogP contribution in [0, 0.1) is 0 Å². The molecule has 1 aromatic carbocycles. The van der Waals surface area contributed by atoms with Gasteiger partial charge in [-0.05, 0) is 57.9 Å². The van der Waals surface area contributed by atoms with Gasteiger partial charge in [0.1, 0.15) is 6.04 Å². The Hall–Kier alpha value is -1.63. The maximum Gasteiger partial charge on any atom is 0.321 e. The minimum Gasteiger partial charge on any atom is -0.480 e. The van der Waals surface area contributed by atoms with Crippen LogP contribution in [-0.4, -0.2) is 55.1 Å². The van der Waals surface area contributed by atoms with Gasteiger partial charge in [0.05, 0.1) is 6.42 Å². The van der Waals surface area contributed by atoms with Crippen LogP contribution in [-0.2, 0) is 9.59 Å². The van der Waals surface area contributed by atoms with Gasteiger partial charge in [-0.2, -0.15) is 0 Å². The average molecular weight is 328 g/mol. The van der Waals surface area contributed by atoms with Gasteiger partial charge in [-0.15, -0.1) is 0 Å². The highest BCUT2D eigenvalue weighted by Crippen LogP contribution is 2.13. The van der Waals surface area contributed by atoms with Crippen molar-refractivity contribution < 1.29 is 14.7 Å². The van der Waals surface area contributed by atoms with Gasteiger partial charge in [0.15, 0.2) is 0 Å². The Kier molecular flexibility index (Phi) is 7.87. The number of rotatable bonds is 9. The molecule has 0 aliphatic carbocycles. The van der Waals surface area contributed by atoms with Crippen LogP contribution >= 0.6 is 11.6 Å². The summed E-state index contributed by atoms with van der Waals surface area (Å²) in [6.07, 6.45) is 0.690. The molecule has 7 heteroatoms. The molecule has 1 amide bonds. The monoisotopic (exact) mass is 327 g/mol. The number of halogens is 1. The number of carbonyl (C=O) groups is 2. The highest BCUT2D eigenvalue weighted by Gasteiger charge is 2.20. The molecule has 1 atom stereocenters. The van der Waals surface area contributed by atoms with Crippen molar-refractivity contribution in [2.75, 3.05) is 32.5 Å². The Balaban J connectivity index is 2.43. The number of carboxylic acids is 1. The maximum absolute atomic E-state index is 11.9. The molecule has 0 aromatic heterocycles. The fourth-order valence-electron chi connectivity index (χ4n) is 1.85. The predicted molar refractivity (Wildman–Crippen MR) is 87.3 cm³/mol. The standard InChI is InChI=1S/C15H22ClN3O3/c1-19(2)9-3-8-17-13(15(21)22)10-14(20)18-12-6-4-11(16)5-7-12/h4-7,13,17H,3,8-10H2,1-2H3,(H,18,20)(H,21,22). The molecule has 3 N–H and O–H groups in total. The number of amides is 1. The second kappa shape index (κ2) is 9.40. The third-order valence-corrected chi connectivity index (χ3v) is 3.24. The van der Waals surface area contributed by atoms with E-state index in [-0.39, 0.29) is 12.3 Å². The van der Waals surface area contributed by atoms with E-state index in [0.29, 0.717) is 17.3 Å². The molecule has 1 aromatic rings. The molecule has 0 aliphatic rings. The summed E-state index contributed by atoms with van der Waals surface area (Å²) in [7, 11) is 3.91. The number of carbonyl (C=O) groups excluding carboxylic acids is 1. The number of nitrogens with one attached hydrogen (secondary N) is 2. The summed E-state index contributed by atoms with van der Waals surface area (Å²) in [6.45, 7) is 1.40. The van der Waals surface area contributed by atoms with Crippen LogP contribution in [0.1, 0.15) is 12.8 Å². The molecule has 0 aliphatic heterocycles. The molecule has 6 nitrogen and oxygen atoms in total. The van der Waals surface area contributed by atoms with Crippen LogP contribution in [0.5, 0.6) is 0 Å². The fraction of sp³-hybridized carbons (Fsp3) is 0.467. The summed E-state index contributed by atoms with van der Waals surface area (Å²) >= 11 is 5.76. The van der Waals surface area contributed by atoms with E-state index in [2.05, 4.69) is 10.6 Å². The summed E-state index contributed by atoms with van der Waals surface area (Å²) < 4.78 is 0. The summed E-state index contributed by atoms with van der Waals surface area (Å²) in [4.78, 5) is 25.1. The molecule has 0 radical (unpaired) electrons. The van der Waals surface area contributed by atoms with Crippen LogP contribution in [0.3, 0.4) is 0 Å². The lowest BCUT2D eigenvalue weighted by Crippen LogP contribution is -2.40. The number of benzene rings is 1. The topological polar surface area (TPSA) is 81.7 Å². The first-order chi connectivity index (χ1) is 10.4. The zero-order chi connectivity index (χ0) is 16.5. The molecule has 0 bridgehead atoms. The highest BCUT2D eigenvalue weighted by atomic mass is 35.5. The highest BCUT2D eigenvalue weighted by molar-refractivity contribution is 6.30. The van der Waals surface area contributed by atoms with Gasteiger partial charge in [0.2, 0.25) is 5.91 Å². The second-order valence-electron chi connectivity index (χ2n) is 5.26. The zero-order valence-corrected chi connectivity index (χ0v) is 13.6. The first kappa shape index (κ1) is 18.4. The molecule has 1 unspecified atom stereocenters. The third kappa shape index (κ3) is 7.40. The van der Waals surface area contributed by atoms with Gasteiger partial charge in [0, 0.05) is 10.7 Å². The summed E-state index contributed by atoms with van der Waals surface area (Å²) in [5.74, 6) is -1.38. The minimum atomic E-state index is -1.03. The Labute approximate surface area is 135 Å². The van der Waals surface area contributed by atoms with Crippen LogP contribution in [0.2, 0.25) is 5.02 Å². The smallest absolute Gasteiger partial charge is 0.321 e. The van der Waals surface area contributed by atoms with Crippen LogP contribution in [0.4, 0.5) is 5.69 Å². The predicted octanol–water partition coefficient (Wildman–Crippen LogP) is 1.66. The molecule has 0 heterocycles. The molecule has 22 heavy (non-hydrogen) atoms. The summed E-state index contributed by atoms with van der Waals surface area (Å²) in [5, 5.41) is 15.3. The average Bonchev–Trinajstić information content (AvgIpc) is 2.44. The van der Waals surface area contributed by atoms with Crippen molar-refractivity contribution in [2.45, 2.75) is 18.9 Å². The molecule has 0 fully saturated rings. The summed E-state index contributed by atoms with van der Waals surface area (Å²) in [6, 6.07) is 5.76. The first-order valence-electron chi connectivity index (χ1n) is 7.05. The van der Waals surface area contributed by atoms with E-state index < -0.39 is 12.0 Å². The van der Waals surface area contributed by atoms with E-state index in [0.717, 1.165) is 13.0 Å². The Bertz CT molecular complexity index is 491. The van der Waals surface area contributed by atoms with E-state index in [1.807, 2.05) is 19.0 Å². The van der Waals surface area contributed by atoms with E-state index >= 15 is 0 Å². The SMILES string of the molecule is CN(C)CCCNC(CC(=O)Nc1ccc(Cl)cc1)C(=O)O. The Morgan fingerprint density at radius 3 is 2.45 bits per heavy atom. The van der Waals surface area contributed by atoms with E-state index in [9.17, 15) is 9.59 Å². The number of hydrogen-bond acceptors (Lipinski definition) is 4. The van der Waals surface area contributed by atoms with Crippen molar-refractivity contribution in [2.24, 2.45) is 0 Å². The van der Waals surface area contributed by atoms with E-state index in [4.69, 9.17) is 16.7 Å². The molecule has 0 saturated carbocycles. The maximum atomic E-state index is 11.9. The van der Waals surface area contributed by atoms with Gasteiger partial charge in [-0.25, -0.2) is 0 Å². The van der Waals surface area contributed by atoms with Gasteiger partial charge >= 0.3 is 5.97 Å². The number of nitrogens with zero attached hydrogens (tertiary/aromatic N) is 1. The normalized spacial score (nSPS) is 12.2. The van der Waals surface area contributed by atoms with Crippen molar-refractivity contribution in [3.05, 3.63) is 29.3 Å². The lowest BCUT2D eigenvalue weighted by Gasteiger charge is -2.15. The Morgan fingerprint density at radius 1 is 1.27 bits per heavy atom. The number of aliphatic carboxylic acids is 1. The largest absolute Gasteiger partial charge is 0.480 e. The molecular formula is C15H22ClN3O3. The van der Waals surface area contributed by atoms with Crippen molar-refractivity contribution in [3.8, 4) is 0 Å². The Morgan fingerprint density at radius 2 is 1.91 bits per heavy atom. The van der Waals surface area contributed by atoms with Crippen LogP contribution < -0.4 is 10.6 Å². The minimum absolute atomic E-state index is 0.125. The van der Waals surface area contributed by atoms with E-state index in [1.165, 1.54) is 0 Å². The van der Waals surface area contributed by atoms with Crippen LogP contribution in [0.15, 0.2) is 24.3 Å². The van der Waals surface area contributed by atoms with Crippen molar-refractivity contribution >= 4 is 29.2 Å². The van der Waals surface area contributed by atoms with E-state index in [1.54, 1.807) is 24.3 Å². The fourth-order valence-corrected chi connectivity index (χ4v) is 1.97. The quantitative estimate of drug-likeness (QED) is 0.601. The molecular weight excluding hydrogens is 306 g/mol. The molecule has 1 rings (SSSR count). The number of anilines is 1. The van der Waals surface area contributed by atoms with Gasteiger partial charge in [-0.3, -0.25) is 9.59 Å². The van der Waals surface area contributed by atoms with Gasteiger partial charge < -0.3 is 20.6 Å². The molecule has 122 valence electrons. The molecule has 0 spiro atoms. The number of hydrogen-bond donors (Lipinski definition) is 3. The lowest BCUT2D eigenvalue weighted by atomic mass is 10.2. The first-order valence-corrected chi connectivity index (χ1v) is 7.42. The number of carboxylic acid groups (broad SMARTS) is 1. The van der Waals surface area contributed by atoms with Crippen molar-refractivity contribution in [1.82, 2.24) is 10.2 Å². The second-order valence-corrected chi connectivity index (χ2v) is 5.70. The van der Waals surface area contributed by atoms with Gasteiger partial charge in [0.25, 0.3) is 0 Å².